The summed E-state index contributed by atoms with van der Waals surface area (Å²) in [4.78, 5) is 36.3. The first-order valence-corrected chi connectivity index (χ1v) is 7.59. The number of aliphatic carboxylic acids is 1. The maximum Gasteiger partial charge on any atom is 0.325 e. The van der Waals surface area contributed by atoms with Gasteiger partial charge in [-0.1, -0.05) is 52.0 Å². The minimum absolute atomic E-state index is 0.0177. The molecule has 0 saturated carbocycles. The number of rotatable bonds is 4. The lowest BCUT2D eigenvalue weighted by Crippen LogP contribution is -2.43. The average molecular weight is 318 g/mol. The van der Waals surface area contributed by atoms with Crippen LogP contribution in [0.1, 0.15) is 45.2 Å². The van der Waals surface area contributed by atoms with Gasteiger partial charge in [-0.3, -0.25) is 14.5 Å². The van der Waals surface area contributed by atoms with Gasteiger partial charge in [-0.25, -0.2) is 4.79 Å². The largest absolute Gasteiger partial charge is 0.480 e. The highest BCUT2D eigenvalue weighted by Crippen LogP contribution is 2.33. The zero-order valence-corrected chi connectivity index (χ0v) is 13.8. The molecular formula is C17H22N2O4. The summed E-state index contributed by atoms with van der Waals surface area (Å²) in [6.45, 7) is 7.44. The van der Waals surface area contributed by atoms with Crippen LogP contribution in [0.5, 0.6) is 0 Å². The first-order chi connectivity index (χ1) is 10.6. The molecule has 1 unspecified atom stereocenters. The summed E-state index contributed by atoms with van der Waals surface area (Å²) < 4.78 is 0. The van der Waals surface area contributed by atoms with E-state index < -0.39 is 30.0 Å². The fraction of sp³-hybridized carbons (Fsp3) is 0.471. The Kier molecular flexibility index (Phi) is 4.20. The number of imide groups is 1. The Balaban J connectivity index is 2.40. The first kappa shape index (κ1) is 17.0. The van der Waals surface area contributed by atoms with Crippen LogP contribution in [0, 0.1) is 0 Å². The number of hydrogen-bond donors (Lipinski definition) is 2. The van der Waals surface area contributed by atoms with Crippen molar-refractivity contribution in [3.05, 3.63) is 35.4 Å². The smallest absolute Gasteiger partial charge is 0.325 e. The molecule has 0 aliphatic carbocycles. The van der Waals surface area contributed by atoms with E-state index in [0.717, 1.165) is 10.5 Å². The van der Waals surface area contributed by atoms with Gasteiger partial charge in [0.1, 0.15) is 12.1 Å². The van der Waals surface area contributed by atoms with Gasteiger partial charge in [0.25, 0.3) is 5.91 Å². The van der Waals surface area contributed by atoms with Gasteiger partial charge >= 0.3 is 12.0 Å². The van der Waals surface area contributed by atoms with E-state index in [1.807, 2.05) is 24.3 Å². The molecule has 0 aromatic heterocycles. The van der Waals surface area contributed by atoms with Gasteiger partial charge in [-0.15, -0.1) is 0 Å². The van der Waals surface area contributed by atoms with Crippen molar-refractivity contribution in [1.82, 2.24) is 10.2 Å². The third-order valence-corrected chi connectivity index (χ3v) is 4.24. The molecule has 6 heteroatoms. The highest BCUT2D eigenvalue weighted by molar-refractivity contribution is 6.08. The van der Waals surface area contributed by atoms with Crippen LogP contribution in [0.15, 0.2) is 24.3 Å². The predicted octanol–water partition coefficient (Wildman–Crippen LogP) is 2.23. The van der Waals surface area contributed by atoms with Crippen molar-refractivity contribution in [1.29, 1.82) is 0 Å². The molecular weight excluding hydrogens is 296 g/mol. The summed E-state index contributed by atoms with van der Waals surface area (Å²) >= 11 is 0. The lowest BCUT2D eigenvalue weighted by molar-refractivity contribution is -0.143. The van der Waals surface area contributed by atoms with E-state index in [0.29, 0.717) is 12.0 Å². The quantitative estimate of drug-likeness (QED) is 0.833. The van der Waals surface area contributed by atoms with Crippen molar-refractivity contribution < 1.29 is 19.5 Å². The van der Waals surface area contributed by atoms with Crippen LogP contribution in [-0.2, 0) is 20.5 Å². The predicted molar refractivity (Wildman–Crippen MR) is 85.0 cm³/mol. The number of carbonyl (C=O) groups excluding carboxylic acids is 2. The fourth-order valence-electron chi connectivity index (χ4n) is 2.80. The zero-order valence-electron chi connectivity index (χ0n) is 13.8. The van der Waals surface area contributed by atoms with Crippen LogP contribution in [0.4, 0.5) is 4.79 Å². The Morgan fingerprint density at radius 1 is 1.22 bits per heavy atom. The number of hydrogen-bond acceptors (Lipinski definition) is 3. The van der Waals surface area contributed by atoms with Gasteiger partial charge in [0.2, 0.25) is 0 Å². The van der Waals surface area contributed by atoms with Gasteiger partial charge in [-0.05, 0) is 23.0 Å². The van der Waals surface area contributed by atoms with Gasteiger partial charge < -0.3 is 10.4 Å². The van der Waals surface area contributed by atoms with Gasteiger partial charge in [-0.2, -0.15) is 0 Å². The maximum absolute atomic E-state index is 12.7. The van der Waals surface area contributed by atoms with E-state index in [9.17, 15) is 14.4 Å². The molecule has 0 bridgehead atoms. The minimum Gasteiger partial charge on any atom is -0.480 e. The molecule has 0 radical (unpaired) electrons. The van der Waals surface area contributed by atoms with Crippen molar-refractivity contribution in [2.75, 3.05) is 6.54 Å². The van der Waals surface area contributed by atoms with Crippen LogP contribution in [-0.4, -0.2) is 34.5 Å². The van der Waals surface area contributed by atoms with Crippen molar-refractivity contribution in [2.24, 2.45) is 0 Å². The first-order valence-electron chi connectivity index (χ1n) is 7.59. The topological polar surface area (TPSA) is 86.7 Å². The van der Waals surface area contributed by atoms with Crippen LogP contribution in [0.25, 0.3) is 0 Å². The SMILES string of the molecule is CCC1(c2ccc(C(C)(C)C)cc2)NC(=O)N(CC(=O)O)C1=O. The third-order valence-electron chi connectivity index (χ3n) is 4.24. The zero-order chi connectivity index (χ0) is 17.4. The second kappa shape index (κ2) is 5.68. The number of nitrogens with one attached hydrogen (secondary N) is 1. The highest BCUT2D eigenvalue weighted by Gasteiger charge is 2.51. The number of carboxylic acids is 1. The molecule has 6 nitrogen and oxygen atoms in total. The van der Waals surface area contributed by atoms with Crippen LogP contribution in [0.3, 0.4) is 0 Å². The fourth-order valence-corrected chi connectivity index (χ4v) is 2.80. The lowest BCUT2D eigenvalue weighted by Gasteiger charge is -2.27. The summed E-state index contributed by atoms with van der Waals surface area (Å²) in [7, 11) is 0. The summed E-state index contributed by atoms with van der Waals surface area (Å²) in [5, 5.41) is 11.5. The number of nitrogens with zero attached hydrogens (tertiary/aromatic N) is 1. The van der Waals surface area contributed by atoms with Gasteiger partial charge in [0.05, 0.1) is 0 Å². The molecule has 1 aromatic rings. The summed E-state index contributed by atoms with van der Waals surface area (Å²) in [6, 6.07) is 6.86. The summed E-state index contributed by atoms with van der Waals surface area (Å²) in [6.07, 6.45) is 0.350. The van der Waals surface area contributed by atoms with E-state index in [2.05, 4.69) is 26.1 Å². The molecule has 1 aliphatic heterocycles. The second-order valence-corrected chi connectivity index (χ2v) is 6.80. The molecule has 1 heterocycles. The molecule has 2 N–H and O–H groups in total. The Morgan fingerprint density at radius 3 is 2.22 bits per heavy atom. The molecule has 23 heavy (non-hydrogen) atoms. The minimum atomic E-state index is -1.22. The van der Waals surface area contributed by atoms with Gasteiger partial charge in [0.15, 0.2) is 0 Å². The second-order valence-electron chi connectivity index (χ2n) is 6.80. The maximum atomic E-state index is 12.7. The molecule has 2 rings (SSSR count). The number of carbonyl (C=O) groups is 3. The van der Waals surface area contributed by atoms with Crippen molar-refractivity contribution >= 4 is 17.9 Å². The Morgan fingerprint density at radius 2 is 1.78 bits per heavy atom. The molecule has 3 amide bonds. The highest BCUT2D eigenvalue weighted by atomic mass is 16.4. The molecule has 1 saturated heterocycles. The monoisotopic (exact) mass is 318 g/mol. The van der Waals surface area contributed by atoms with Crippen molar-refractivity contribution in [3.8, 4) is 0 Å². The Labute approximate surface area is 135 Å². The summed E-state index contributed by atoms with van der Waals surface area (Å²) in [5.74, 6) is -1.74. The number of urea groups is 1. The van der Waals surface area contributed by atoms with Crippen LogP contribution in [0.2, 0.25) is 0 Å². The molecule has 1 aromatic carbocycles. The molecule has 1 aliphatic rings. The number of benzene rings is 1. The van der Waals surface area contributed by atoms with E-state index in [1.165, 1.54) is 0 Å². The standard InChI is InChI=1S/C17H22N2O4/c1-5-17(12-8-6-11(7-9-12)16(2,3)4)14(22)19(10-13(20)21)15(23)18-17/h6-9H,5,10H2,1-4H3,(H,18,23)(H,20,21). The van der Waals surface area contributed by atoms with Crippen molar-refractivity contribution in [2.45, 2.75) is 45.1 Å². The lowest BCUT2D eigenvalue weighted by atomic mass is 9.82. The summed E-state index contributed by atoms with van der Waals surface area (Å²) in [5.41, 5.74) is 0.574. The number of carboxylic acid groups (broad SMARTS) is 1. The number of amides is 3. The molecule has 0 spiro atoms. The molecule has 124 valence electrons. The average Bonchev–Trinajstić information content (AvgIpc) is 2.71. The van der Waals surface area contributed by atoms with Gasteiger partial charge in [0, 0.05) is 0 Å². The van der Waals surface area contributed by atoms with Crippen molar-refractivity contribution in [3.63, 3.8) is 0 Å². The van der Waals surface area contributed by atoms with E-state index >= 15 is 0 Å². The van der Waals surface area contributed by atoms with E-state index in [1.54, 1.807) is 6.92 Å². The van der Waals surface area contributed by atoms with Crippen LogP contribution < -0.4 is 5.32 Å². The molecule has 1 fully saturated rings. The van der Waals surface area contributed by atoms with Crippen LogP contribution >= 0.6 is 0 Å². The Bertz CT molecular complexity index is 646. The third kappa shape index (κ3) is 2.93. The van der Waals surface area contributed by atoms with E-state index in [4.69, 9.17) is 5.11 Å². The normalized spacial score (nSPS) is 21.5. The van der Waals surface area contributed by atoms with E-state index in [-0.39, 0.29) is 5.41 Å². The Hall–Kier alpha value is -2.37. The molecule has 1 atom stereocenters.